The highest BCUT2D eigenvalue weighted by Gasteiger charge is 2.40. The van der Waals surface area contributed by atoms with Gasteiger partial charge < -0.3 is 19.9 Å². The van der Waals surface area contributed by atoms with Crippen LogP contribution in [0.2, 0.25) is 5.02 Å². The average Bonchev–Trinajstić information content (AvgIpc) is 3.56. The Bertz CT molecular complexity index is 1560. The quantitative estimate of drug-likeness (QED) is 0.365. The van der Waals surface area contributed by atoms with Crippen molar-refractivity contribution in [1.29, 1.82) is 0 Å². The molecule has 1 unspecified atom stereocenters. The Morgan fingerprint density at radius 1 is 1.13 bits per heavy atom. The van der Waals surface area contributed by atoms with E-state index in [1.54, 1.807) is 6.20 Å². The third-order valence-corrected chi connectivity index (χ3v) is 9.42. The number of H-pyrrole nitrogens is 1. The van der Waals surface area contributed by atoms with Gasteiger partial charge in [0.25, 0.3) is 0 Å². The van der Waals surface area contributed by atoms with E-state index in [0.29, 0.717) is 39.9 Å². The maximum atomic E-state index is 16.7. The number of aromatic amines is 1. The molecule has 1 spiro atoms. The van der Waals surface area contributed by atoms with Crippen molar-refractivity contribution in [2.75, 3.05) is 51.3 Å². The van der Waals surface area contributed by atoms with Crippen LogP contribution in [0.3, 0.4) is 0 Å². The van der Waals surface area contributed by atoms with Gasteiger partial charge in [0.05, 0.1) is 16.7 Å². The van der Waals surface area contributed by atoms with Crippen LogP contribution in [-0.4, -0.2) is 77.5 Å². The highest BCUT2D eigenvalue weighted by Crippen LogP contribution is 2.43. The molecular formula is C29H33ClFN7O. The van der Waals surface area contributed by atoms with Gasteiger partial charge in [0.15, 0.2) is 5.82 Å². The number of piperidine rings is 1. The summed E-state index contributed by atoms with van der Waals surface area (Å²) < 4.78 is 22.8. The molecule has 3 aliphatic rings. The number of ether oxygens (including phenoxy) is 1. The fraction of sp³-hybridized carbons (Fsp3) is 0.483. The zero-order chi connectivity index (χ0) is 26.7. The zero-order valence-electron chi connectivity index (χ0n) is 22.4. The minimum Gasteiger partial charge on any atom is -0.462 e. The molecule has 0 amide bonds. The highest BCUT2D eigenvalue weighted by atomic mass is 35.5. The molecule has 3 saturated heterocycles. The number of hydrogen-bond donors (Lipinski definition) is 2. The summed E-state index contributed by atoms with van der Waals surface area (Å²) in [6, 6.07) is 6.25. The summed E-state index contributed by atoms with van der Waals surface area (Å²) in [6.07, 6.45) is 6.08. The van der Waals surface area contributed by atoms with E-state index in [4.69, 9.17) is 21.3 Å². The largest absolute Gasteiger partial charge is 0.462 e. The number of aryl methyl sites for hydroxylation is 1. The van der Waals surface area contributed by atoms with E-state index < -0.39 is 5.82 Å². The number of rotatable bonds is 5. The van der Waals surface area contributed by atoms with Crippen molar-refractivity contribution in [1.82, 2.24) is 30.4 Å². The van der Waals surface area contributed by atoms with Crippen molar-refractivity contribution in [3.8, 4) is 17.1 Å². The van der Waals surface area contributed by atoms with E-state index >= 15 is 4.39 Å². The van der Waals surface area contributed by atoms with Crippen molar-refractivity contribution in [2.45, 2.75) is 38.6 Å². The van der Waals surface area contributed by atoms with Crippen molar-refractivity contribution in [3.05, 3.63) is 40.8 Å². The summed E-state index contributed by atoms with van der Waals surface area (Å²) in [5.41, 5.74) is 3.40. The number of likely N-dealkylation sites (tertiary alicyclic amines) is 1. The lowest BCUT2D eigenvalue weighted by atomic mass is 9.73. The van der Waals surface area contributed by atoms with E-state index in [1.165, 1.54) is 0 Å². The molecule has 1 atom stereocenters. The SMILES string of the molecule is Cc1ccc2[nH]ncc2c1-c1c(Cl)cc2c(N3CCC4(CC3)CNC4)nc(OCC3CCCN3C)nc2c1F. The second-order valence-electron chi connectivity index (χ2n) is 11.5. The number of anilines is 1. The predicted molar refractivity (Wildman–Crippen MR) is 152 cm³/mol. The Morgan fingerprint density at radius 2 is 1.95 bits per heavy atom. The smallest absolute Gasteiger partial charge is 0.319 e. The number of likely N-dealkylation sites (N-methyl/N-ethyl adjacent to an activating group) is 1. The molecule has 0 radical (unpaired) electrons. The topological polar surface area (TPSA) is 82.2 Å². The van der Waals surface area contributed by atoms with Gasteiger partial charge in [-0.2, -0.15) is 15.1 Å². The molecule has 2 N–H and O–H groups in total. The molecule has 3 aliphatic heterocycles. The van der Waals surface area contributed by atoms with Crippen molar-refractivity contribution in [2.24, 2.45) is 5.41 Å². The van der Waals surface area contributed by atoms with Gasteiger partial charge in [-0.15, -0.1) is 0 Å². The third kappa shape index (κ3) is 4.22. The first kappa shape index (κ1) is 25.0. The minimum absolute atomic E-state index is 0.216. The molecule has 2 aromatic heterocycles. The van der Waals surface area contributed by atoms with Crippen molar-refractivity contribution >= 4 is 39.2 Å². The van der Waals surface area contributed by atoms with Gasteiger partial charge in [-0.3, -0.25) is 5.10 Å². The maximum absolute atomic E-state index is 16.7. The molecule has 0 saturated carbocycles. The maximum Gasteiger partial charge on any atom is 0.319 e. The second kappa shape index (κ2) is 9.57. The molecule has 204 valence electrons. The highest BCUT2D eigenvalue weighted by molar-refractivity contribution is 6.35. The lowest BCUT2D eigenvalue weighted by molar-refractivity contribution is 0.126. The van der Waals surface area contributed by atoms with Crippen LogP contribution in [-0.2, 0) is 0 Å². The first-order valence-corrected chi connectivity index (χ1v) is 14.2. The summed E-state index contributed by atoms with van der Waals surface area (Å²) >= 11 is 6.88. The fourth-order valence-electron chi connectivity index (χ4n) is 6.54. The minimum atomic E-state index is -0.461. The molecule has 39 heavy (non-hydrogen) atoms. The summed E-state index contributed by atoms with van der Waals surface area (Å²) in [4.78, 5) is 14.1. The van der Waals surface area contributed by atoms with E-state index in [9.17, 15) is 0 Å². The molecule has 10 heteroatoms. The average molecular weight is 550 g/mol. The van der Waals surface area contributed by atoms with Gasteiger partial charge in [-0.05, 0) is 69.3 Å². The molecule has 5 heterocycles. The van der Waals surface area contributed by atoms with Crippen molar-refractivity contribution in [3.63, 3.8) is 0 Å². The van der Waals surface area contributed by atoms with Gasteiger partial charge in [0.1, 0.15) is 17.9 Å². The van der Waals surface area contributed by atoms with E-state index in [0.717, 1.165) is 80.4 Å². The van der Waals surface area contributed by atoms with Gasteiger partial charge >= 0.3 is 6.01 Å². The normalized spacial score (nSPS) is 21.2. The summed E-state index contributed by atoms with van der Waals surface area (Å²) in [5.74, 6) is 0.236. The molecule has 0 aliphatic carbocycles. The van der Waals surface area contributed by atoms with Crippen LogP contribution in [0.25, 0.3) is 32.9 Å². The van der Waals surface area contributed by atoms with Gasteiger partial charge in [0, 0.05) is 54.1 Å². The van der Waals surface area contributed by atoms with Gasteiger partial charge in [0.2, 0.25) is 0 Å². The fourth-order valence-corrected chi connectivity index (χ4v) is 6.83. The summed E-state index contributed by atoms with van der Waals surface area (Å²) in [5, 5.41) is 12.4. The number of halogens is 2. The van der Waals surface area contributed by atoms with Crippen LogP contribution in [0, 0.1) is 18.2 Å². The van der Waals surface area contributed by atoms with Crippen LogP contribution >= 0.6 is 11.6 Å². The Balaban J connectivity index is 1.35. The number of nitrogens with one attached hydrogen (secondary N) is 2. The standard InChI is InChI=1S/C29H33ClFN7O/c1-17-5-6-22-20(13-33-36-22)23(17)24-21(30)12-19-26(25(24)31)34-28(39-14-18-4-3-9-37(18)2)35-27(19)38-10-7-29(8-11-38)15-32-16-29/h5-6,12-13,18,32H,3-4,7-11,14-16H2,1-2H3,(H,33,36). The number of fused-ring (bicyclic) bond motifs is 2. The molecule has 0 bridgehead atoms. The molecular weight excluding hydrogens is 517 g/mol. The van der Waals surface area contributed by atoms with E-state index in [2.05, 4.69) is 37.3 Å². The second-order valence-corrected chi connectivity index (χ2v) is 11.9. The van der Waals surface area contributed by atoms with Crippen LogP contribution in [0.5, 0.6) is 6.01 Å². The lowest BCUT2D eigenvalue weighted by Gasteiger charge is -2.48. The third-order valence-electron chi connectivity index (χ3n) is 9.12. The number of benzene rings is 2. The summed E-state index contributed by atoms with van der Waals surface area (Å²) in [6.45, 7) is 7.33. The molecule has 3 fully saturated rings. The molecule has 7 rings (SSSR count). The molecule has 4 aromatic rings. The van der Waals surface area contributed by atoms with Gasteiger partial charge in [-0.25, -0.2) is 4.39 Å². The first-order chi connectivity index (χ1) is 18.9. The number of nitrogens with zero attached hydrogens (tertiary/aromatic N) is 5. The van der Waals surface area contributed by atoms with Gasteiger partial charge in [-0.1, -0.05) is 17.7 Å². The number of aromatic nitrogens is 4. The summed E-state index contributed by atoms with van der Waals surface area (Å²) in [7, 11) is 2.11. The molecule has 8 nitrogen and oxygen atoms in total. The Kier molecular flexibility index (Phi) is 6.13. The predicted octanol–water partition coefficient (Wildman–Crippen LogP) is 4.94. The van der Waals surface area contributed by atoms with Crippen LogP contribution in [0.4, 0.5) is 10.2 Å². The molecule has 2 aromatic carbocycles. The Morgan fingerprint density at radius 3 is 2.67 bits per heavy atom. The van der Waals surface area contributed by atoms with Crippen LogP contribution < -0.4 is 15.0 Å². The zero-order valence-corrected chi connectivity index (χ0v) is 23.1. The van der Waals surface area contributed by atoms with Crippen LogP contribution in [0.15, 0.2) is 24.4 Å². The van der Waals surface area contributed by atoms with Crippen LogP contribution in [0.1, 0.15) is 31.2 Å². The van der Waals surface area contributed by atoms with E-state index in [-0.39, 0.29) is 11.5 Å². The number of hydrogen-bond acceptors (Lipinski definition) is 7. The Hall–Kier alpha value is -3.01. The Labute approximate surface area is 231 Å². The lowest BCUT2D eigenvalue weighted by Crippen LogP contribution is -2.58. The van der Waals surface area contributed by atoms with E-state index in [1.807, 2.05) is 25.1 Å². The monoisotopic (exact) mass is 549 g/mol. The first-order valence-electron chi connectivity index (χ1n) is 13.8. The van der Waals surface area contributed by atoms with Crippen molar-refractivity contribution < 1.29 is 9.13 Å².